The first-order chi connectivity index (χ1) is 31.6. The molecular formula is C48H76O20. The minimum absolute atomic E-state index is 0.0451. The minimum Gasteiger partial charge on any atom is -0.479 e. The van der Waals surface area contributed by atoms with Gasteiger partial charge < -0.3 is 89.7 Å². The molecule has 20 heteroatoms. The maximum atomic E-state index is 14.7. The minimum atomic E-state index is -2.00. The van der Waals surface area contributed by atoms with Crippen molar-refractivity contribution < 1.29 is 99.3 Å². The van der Waals surface area contributed by atoms with Crippen LogP contribution < -0.4 is 0 Å². The van der Waals surface area contributed by atoms with E-state index in [-0.39, 0.29) is 34.5 Å². The lowest BCUT2D eigenvalue weighted by molar-refractivity contribution is -0.375. The number of carbonyl (C=O) groups excluding carboxylic acids is 1. The van der Waals surface area contributed by atoms with Crippen LogP contribution in [0, 0.1) is 50.2 Å². The molecule has 0 radical (unpaired) electrons. The molecule has 3 aliphatic heterocycles. The van der Waals surface area contributed by atoms with Gasteiger partial charge in [0.1, 0.15) is 72.6 Å². The van der Waals surface area contributed by atoms with E-state index in [1.54, 1.807) is 0 Å². The number of fused-ring (bicyclic) bond motifs is 7. The Kier molecular flexibility index (Phi) is 14.0. The molecule has 3 heterocycles. The Morgan fingerprint density at radius 2 is 1.25 bits per heavy atom. The largest absolute Gasteiger partial charge is 0.479 e. The monoisotopic (exact) mass is 972 g/mol. The smallest absolute Gasteiger partial charge is 0.335 e. The fourth-order valence-electron chi connectivity index (χ4n) is 15.1. The van der Waals surface area contributed by atoms with Gasteiger partial charge in [0.05, 0.1) is 25.4 Å². The third-order valence-electron chi connectivity index (χ3n) is 19.3. The summed E-state index contributed by atoms with van der Waals surface area (Å²) in [4.78, 5) is 26.6. The number of hydrogen-bond donors (Lipinski definition) is 12. The summed E-state index contributed by atoms with van der Waals surface area (Å²) in [6.07, 6.45) is -20.2. The predicted octanol–water partition coefficient (Wildman–Crippen LogP) is -0.796. The zero-order valence-corrected chi connectivity index (χ0v) is 40.0. The second kappa shape index (κ2) is 18.2. The van der Waals surface area contributed by atoms with Crippen LogP contribution >= 0.6 is 0 Å². The SMILES string of the molecule is CC1(C)CC[C@@]2(C(=O)O[C@@H]3O[C@H](CO)[C@@H](O)[C@H](O)[C@H]3O)C(C1)C1=CCC3[C@@]4(C)CC[C@H](O[C@@H]5O[C@@H](CO)[C@H](O)[C@@H](O)[C@@H]5O[C@H]5O[C@H](C(=O)O)[C@@H](O)[C@H](O)[C@H]5O)C(C)(C)C4CC[C@@]3(C)[C@]1(C)C[C@H]2O. The number of esters is 1. The van der Waals surface area contributed by atoms with Gasteiger partial charge in [-0.15, -0.1) is 0 Å². The molecule has 12 N–H and O–H groups in total. The summed E-state index contributed by atoms with van der Waals surface area (Å²) < 4.78 is 35.5. The van der Waals surface area contributed by atoms with Crippen molar-refractivity contribution in [3.05, 3.63) is 11.6 Å². The van der Waals surface area contributed by atoms with Gasteiger partial charge in [0, 0.05) is 0 Å². The van der Waals surface area contributed by atoms with E-state index in [9.17, 15) is 70.9 Å². The van der Waals surface area contributed by atoms with E-state index in [1.807, 2.05) is 0 Å². The highest BCUT2D eigenvalue weighted by molar-refractivity contribution is 5.80. The van der Waals surface area contributed by atoms with Crippen LogP contribution in [-0.2, 0) is 38.0 Å². The van der Waals surface area contributed by atoms with Crippen LogP contribution in [0.25, 0.3) is 0 Å². The Hall–Kier alpha value is -1.96. The number of aliphatic carboxylic acids is 1. The summed E-state index contributed by atoms with van der Waals surface area (Å²) in [7, 11) is 0. The number of carboxylic acids is 1. The van der Waals surface area contributed by atoms with Crippen molar-refractivity contribution in [2.45, 2.75) is 211 Å². The number of ether oxygens (including phenoxy) is 6. The molecule has 5 aliphatic carbocycles. The van der Waals surface area contributed by atoms with Crippen LogP contribution in [0.4, 0.5) is 0 Å². The number of carboxylic acid groups (broad SMARTS) is 1. The number of aliphatic hydroxyl groups excluding tert-OH is 11. The number of allylic oxidation sites excluding steroid dienone is 2. The molecule has 7 fully saturated rings. The highest BCUT2D eigenvalue weighted by atomic mass is 16.8. The third-order valence-corrected chi connectivity index (χ3v) is 19.3. The van der Waals surface area contributed by atoms with Crippen molar-refractivity contribution in [1.82, 2.24) is 0 Å². The Morgan fingerprint density at radius 3 is 1.88 bits per heavy atom. The Labute approximate surface area is 396 Å². The van der Waals surface area contributed by atoms with E-state index in [0.29, 0.717) is 38.5 Å². The van der Waals surface area contributed by atoms with Gasteiger partial charge in [0.25, 0.3) is 0 Å². The third kappa shape index (κ3) is 7.94. The van der Waals surface area contributed by atoms with Gasteiger partial charge in [0.15, 0.2) is 18.7 Å². The van der Waals surface area contributed by atoms with Crippen molar-refractivity contribution in [2.24, 2.45) is 50.2 Å². The summed E-state index contributed by atoms with van der Waals surface area (Å²) >= 11 is 0. The van der Waals surface area contributed by atoms with Crippen LogP contribution in [0.1, 0.15) is 106 Å². The zero-order chi connectivity index (χ0) is 50.0. The quantitative estimate of drug-likeness (QED) is 0.0765. The average molecular weight is 973 g/mol. The lowest BCUT2D eigenvalue weighted by atomic mass is 9.33. The number of carbonyl (C=O) groups is 2. The molecule has 0 spiro atoms. The van der Waals surface area contributed by atoms with E-state index >= 15 is 0 Å². The molecule has 388 valence electrons. The summed E-state index contributed by atoms with van der Waals surface area (Å²) in [6.45, 7) is 14.0. The molecule has 0 bridgehead atoms. The second-order valence-electron chi connectivity index (χ2n) is 23.6. The van der Waals surface area contributed by atoms with Gasteiger partial charge in [-0.05, 0) is 103 Å². The standard InChI is InChI=1S/C48H76O20/c1-43(2)14-15-48(42(62)68-39-34(58)30(54)28(52)22(18-49)63-39)21(16-43)20-8-9-25-45(5)12-11-27(44(3,4)24(45)10-13-46(25,6)47(20,7)17-26(48)51)65-41-37(32(56)29(53)23(19-50)64-41)67-40-35(59)31(55)33(57)36(66-40)38(60)61/h8,21-37,39-41,49-59H,9-19H2,1-7H3,(H,60,61)/t21?,22-,23+,24?,25?,26-,27+,28-,29+,30+,31+,32-,33+,34-,35-,36+,37+,39+,40-,41+,45+,46-,47-,48-/m1/s1. The summed E-state index contributed by atoms with van der Waals surface area (Å²) in [5, 5.41) is 128. The van der Waals surface area contributed by atoms with E-state index in [0.717, 1.165) is 18.4 Å². The van der Waals surface area contributed by atoms with Gasteiger partial charge in [-0.3, -0.25) is 4.79 Å². The first-order valence-electron chi connectivity index (χ1n) is 24.4. The topological polar surface area (TPSA) is 332 Å². The highest BCUT2D eigenvalue weighted by Gasteiger charge is 2.72. The summed E-state index contributed by atoms with van der Waals surface area (Å²) in [5.41, 5.74) is -2.31. The Balaban J connectivity index is 1.06. The van der Waals surface area contributed by atoms with E-state index in [2.05, 4.69) is 54.5 Å². The second-order valence-corrected chi connectivity index (χ2v) is 23.6. The van der Waals surface area contributed by atoms with Crippen molar-refractivity contribution in [3.8, 4) is 0 Å². The molecule has 8 aliphatic rings. The van der Waals surface area contributed by atoms with Crippen molar-refractivity contribution >= 4 is 11.9 Å². The maximum Gasteiger partial charge on any atom is 0.335 e. The Morgan fingerprint density at radius 1 is 0.647 bits per heavy atom. The normalized spacial score (nSPS) is 53.1. The molecule has 3 unspecified atom stereocenters. The van der Waals surface area contributed by atoms with Crippen LogP contribution in [0.5, 0.6) is 0 Å². The number of aliphatic hydroxyl groups is 11. The van der Waals surface area contributed by atoms with Crippen LogP contribution in [0.2, 0.25) is 0 Å². The van der Waals surface area contributed by atoms with E-state index in [4.69, 9.17) is 28.4 Å². The van der Waals surface area contributed by atoms with Gasteiger partial charge in [-0.25, -0.2) is 4.79 Å². The lowest BCUT2D eigenvalue weighted by Crippen LogP contribution is -2.68. The van der Waals surface area contributed by atoms with E-state index < -0.39 is 152 Å². The van der Waals surface area contributed by atoms with Crippen molar-refractivity contribution in [3.63, 3.8) is 0 Å². The lowest BCUT2D eigenvalue weighted by Gasteiger charge is -2.71. The average Bonchev–Trinajstić information content (AvgIpc) is 3.26. The summed E-state index contributed by atoms with van der Waals surface area (Å²) in [6, 6.07) is 0. The predicted molar refractivity (Wildman–Crippen MR) is 232 cm³/mol. The van der Waals surface area contributed by atoms with Gasteiger partial charge in [-0.1, -0.05) is 60.1 Å². The molecular weight excluding hydrogens is 897 g/mol. The fourth-order valence-corrected chi connectivity index (χ4v) is 15.1. The molecule has 4 saturated carbocycles. The molecule has 24 atom stereocenters. The van der Waals surface area contributed by atoms with Crippen LogP contribution in [0.3, 0.4) is 0 Å². The van der Waals surface area contributed by atoms with Crippen LogP contribution in [0.15, 0.2) is 11.6 Å². The van der Waals surface area contributed by atoms with Gasteiger partial charge in [0.2, 0.25) is 6.29 Å². The molecule has 68 heavy (non-hydrogen) atoms. The fraction of sp³-hybridized carbons (Fsp3) is 0.917. The molecule has 20 nitrogen and oxygen atoms in total. The number of hydrogen-bond acceptors (Lipinski definition) is 19. The molecule has 3 saturated heterocycles. The first-order valence-corrected chi connectivity index (χ1v) is 24.4. The molecule has 0 amide bonds. The maximum absolute atomic E-state index is 14.7. The highest BCUT2D eigenvalue weighted by Crippen LogP contribution is 2.76. The Bertz CT molecular complexity index is 1910. The first kappa shape index (κ1) is 52.4. The molecule has 0 aromatic rings. The molecule has 8 rings (SSSR count). The van der Waals surface area contributed by atoms with Crippen molar-refractivity contribution in [2.75, 3.05) is 13.2 Å². The number of rotatable bonds is 9. The molecule has 0 aromatic heterocycles. The van der Waals surface area contributed by atoms with E-state index in [1.165, 1.54) is 0 Å². The zero-order valence-electron chi connectivity index (χ0n) is 40.0. The van der Waals surface area contributed by atoms with Gasteiger partial charge >= 0.3 is 11.9 Å². The van der Waals surface area contributed by atoms with Crippen molar-refractivity contribution in [1.29, 1.82) is 0 Å². The molecule has 0 aromatic carbocycles. The summed E-state index contributed by atoms with van der Waals surface area (Å²) in [5.74, 6) is -2.69. The van der Waals surface area contributed by atoms with Crippen LogP contribution in [-0.4, -0.2) is 191 Å². The van der Waals surface area contributed by atoms with Gasteiger partial charge in [-0.2, -0.15) is 0 Å².